The van der Waals surface area contributed by atoms with E-state index in [1.165, 1.54) is 16.3 Å². The molecule has 0 saturated heterocycles. The quantitative estimate of drug-likeness (QED) is 0.232. The van der Waals surface area contributed by atoms with Gasteiger partial charge in [-0.05, 0) is 51.7 Å². The Balaban J connectivity index is 1.29. The molecule has 4 nitrogen and oxygen atoms in total. The van der Waals surface area contributed by atoms with Crippen molar-refractivity contribution in [2.75, 3.05) is 0 Å². The molecule has 0 radical (unpaired) electrons. The van der Waals surface area contributed by atoms with Crippen LogP contribution in [0, 0.1) is 0 Å². The molecule has 1 unspecified atom stereocenters. The van der Waals surface area contributed by atoms with E-state index in [-0.39, 0.29) is 6.17 Å². The molecule has 2 heterocycles. The largest absolute Gasteiger partial charge is 0.454 e. The Hall–Kier alpha value is -5.19. The number of para-hydroxylation sites is 1. The molecule has 1 aliphatic rings. The minimum absolute atomic E-state index is 0.338. The first kappa shape index (κ1) is 24.6. The molecule has 6 aromatic carbocycles. The molecule has 1 N–H and O–H groups in total. The Labute approximate surface area is 247 Å². The fourth-order valence-corrected chi connectivity index (χ4v) is 5.90. The SMILES string of the molecule is Clc1ccc(C2=NC(c3ccc(-c4ccccc4)cc3)=NC(c3ccc4ccccc4c3)N2)c2c1oc1ccccc12. The number of hydrogen-bond acceptors (Lipinski definition) is 4. The van der Waals surface area contributed by atoms with E-state index >= 15 is 0 Å². The summed E-state index contributed by atoms with van der Waals surface area (Å²) >= 11 is 6.63. The van der Waals surface area contributed by atoms with E-state index in [1.54, 1.807) is 0 Å². The van der Waals surface area contributed by atoms with Gasteiger partial charge in [0.05, 0.1) is 5.02 Å². The second-order valence-corrected chi connectivity index (χ2v) is 10.8. The number of aliphatic imine (C=N–C) groups is 2. The molecule has 8 rings (SSSR count). The van der Waals surface area contributed by atoms with E-state index in [4.69, 9.17) is 26.0 Å². The number of hydrogen-bond donors (Lipinski definition) is 1. The van der Waals surface area contributed by atoms with Gasteiger partial charge in [0.15, 0.2) is 11.4 Å². The van der Waals surface area contributed by atoms with Crippen LogP contribution in [0.2, 0.25) is 5.02 Å². The maximum absolute atomic E-state index is 6.63. The summed E-state index contributed by atoms with van der Waals surface area (Å²) in [5, 5.41) is 8.48. The first-order valence-electron chi connectivity index (χ1n) is 13.9. The third-order valence-electron chi connectivity index (χ3n) is 7.82. The number of furan rings is 1. The maximum atomic E-state index is 6.63. The second-order valence-electron chi connectivity index (χ2n) is 10.4. The Morgan fingerprint density at radius 3 is 2.21 bits per heavy atom. The molecule has 7 aromatic rings. The van der Waals surface area contributed by atoms with Crippen molar-refractivity contribution in [2.24, 2.45) is 9.98 Å². The Morgan fingerprint density at radius 1 is 0.643 bits per heavy atom. The van der Waals surface area contributed by atoms with E-state index < -0.39 is 0 Å². The summed E-state index contributed by atoms with van der Waals surface area (Å²) in [5.74, 6) is 1.39. The van der Waals surface area contributed by atoms with Crippen LogP contribution in [-0.4, -0.2) is 11.7 Å². The van der Waals surface area contributed by atoms with Gasteiger partial charge in [0.1, 0.15) is 17.6 Å². The Morgan fingerprint density at radius 2 is 1.36 bits per heavy atom. The highest BCUT2D eigenvalue weighted by atomic mass is 35.5. The average molecular weight is 562 g/mol. The minimum Gasteiger partial charge on any atom is -0.454 e. The molecular formula is C37H24ClN3O. The molecule has 42 heavy (non-hydrogen) atoms. The third-order valence-corrected chi connectivity index (χ3v) is 8.11. The van der Waals surface area contributed by atoms with E-state index in [1.807, 2.05) is 36.4 Å². The minimum atomic E-state index is -0.338. The Bertz CT molecular complexity index is 2180. The van der Waals surface area contributed by atoms with Crippen LogP contribution in [0.4, 0.5) is 0 Å². The molecule has 1 aromatic heterocycles. The predicted octanol–water partition coefficient (Wildman–Crippen LogP) is 9.55. The predicted molar refractivity (Wildman–Crippen MR) is 174 cm³/mol. The van der Waals surface area contributed by atoms with E-state index in [0.717, 1.165) is 44.4 Å². The van der Waals surface area contributed by atoms with Gasteiger partial charge < -0.3 is 9.73 Å². The molecule has 0 amide bonds. The number of rotatable bonds is 4. The van der Waals surface area contributed by atoms with Crippen LogP contribution in [-0.2, 0) is 0 Å². The number of halogens is 1. The number of nitrogens with one attached hydrogen (secondary N) is 1. The summed E-state index contributed by atoms with van der Waals surface area (Å²) < 4.78 is 6.20. The molecule has 0 aliphatic carbocycles. The van der Waals surface area contributed by atoms with Crippen LogP contribution in [0.25, 0.3) is 43.8 Å². The summed E-state index contributed by atoms with van der Waals surface area (Å²) in [6.07, 6.45) is -0.338. The summed E-state index contributed by atoms with van der Waals surface area (Å²) in [6.45, 7) is 0. The van der Waals surface area contributed by atoms with Gasteiger partial charge in [-0.2, -0.15) is 0 Å². The summed E-state index contributed by atoms with van der Waals surface area (Å²) in [7, 11) is 0. The lowest BCUT2D eigenvalue weighted by Gasteiger charge is -2.24. The van der Waals surface area contributed by atoms with Crippen molar-refractivity contribution in [3.63, 3.8) is 0 Å². The Kier molecular flexibility index (Phi) is 5.87. The fraction of sp³-hybridized carbons (Fsp3) is 0.0270. The highest BCUT2D eigenvalue weighted by Gasteiger charge is 2.25. The van der Waals surface area contributed by atoms with Crippen molar-refractivity contribution in [2.45, 2.75) is 6.17 Å². The van der Waals surface area contributed by atoms with Gasteiger partial charge in [-0.1, -0.05) is 121 Å². The smallest absolute Gasteiger partial charge is 0.159 e. The average Bonchev–Trinajstić information content (AvgIpc) is 3.46. The molecule has 5 heteroatoms. The van der Waals surface area contributed by atoms with Gasteiger partial charge in [-0.15, -0.1) is 0 Å². The van der Waals surface area contributed by atoms with Crippen LogP contribution < -0.4 is 5.32 Å². The molecule has 0 fully saturated rings. The monoisotopic (exact) mass is 561 g/mol. The molecule has 0 saturated carbocycles. The van der Waals surface area contributed by atoms with E-state index in [0.29, 0.717) is 16.4 Å². The second kappa shape index (κ2) is 10.0. The molecule has 0 bridgehead atoms. The lowest BCUT2D eigenvalue weighted by atomic mass is 10.0. The van der Waals surface area contributed by atoms with Crippen LogP contribution in [0.15, 0.2) is 148 Å². The topological polar surface area (TPSA) is 49.9 Å². The van der Waals surface area contributed by atoms with E-state index in [2.05, 4.69) is 102 Å². The van der Waals surface area contributed by atoms with Crippen LogP contribution >= 0.6 is 11.6 Å². The van der Waals surface area contributed by atoms with Gasteiger partial charge in [0.25, 0.3) is 0 Å². The summed E-state index contributed by atoms with van der Waals surface area (Å²) in [4.78, 5) is 10.2. The summed E-state index contributed by atoms with van der Waals surface area (Å²) in [5.41, 5.74) is 6.67. The van der Waals surface area contributed by atoms with Gasteiger partial charge in [0.2, 0.25) is 0 Å². The molecule has 0 spiro atoms. The first-order valence-corrected chi connectivity index (χ1v) is 14.3. The number of nitrogens with zero attached hydrogens (tertiary/aromatic N) is 2. The van der Waals surface area contributed by atoms with Gasteiger partial charge in [0, 0.05) is 21.9 Å². The van der Waals surface area contributed by atoms with Crippen LogP contribution in [0.5, 0.6) is 0 Å². The number of fused-ring (bicyclic) bond motifs is 4. The first-order chi connectivity index (χ1) is 20.7. The number of benzene rings is 6. The van der Waals surface area contributed by atoms with Crippen LogP contribution in [0.3, 0.4) is 0 Å². The van der Waals surface area contributed by atoms with E-state index in [9.17, 15) is 0 Å². The van der Waals surface area contributed by atoms with Crippen molar-refractivity contribution in [1.29, 1.82) is 0 Å². The molecular weight excluding hydrogens is 538 g/mol. The highest BCUT2D eigenvalue weighted by Crippen LogP contribution is 2.37. The lowest BCUT2D eigenvalue weighted by molar-refractivity contribution is 0.668. The van der Waals surface area contributed by atoms with Gasteiger partial charge in [-0.3, -0.25) is 0 Å². The standard InChI is InChI=1S/C37H24ClN3O/c38-31-21-20-30(33-29-12-6-7-13-32(29)42-34(31)33)37-40-35(26-17-14-25(15-18-26)23-8-2-1-3-9-23)39-36(41-37)28-19-16-24-10-4-5-11-27(24)22-28/h1-22,36H,(H,39,40,41). The van der Waals surface area contributed by atoms with Crippen molar-refractivity contribution < 1.29 is 4.42 Å². The van der Waals surface area contributed by atoms with Crippen molar-refractivity contribution in [1.82, 2.24) is 5.32 Å². The lowest BCUT2D eigenvalue weighted by Crippen LogP contribution is -2.33. The molecule has 1 aliphatic heterocycles. The third kappa shape index (κ3) is 4.25. The normalized spacial score (nSPS) is 15.0. The zero-order valence-electron chi connectivity index (χ0n) is 22.5. The highest BCUT2D eigenvalue weighted by molar-refractivity contribution is 6.37. The van der Waals surface area contributed by atoms with Crippen molar-refractivity contribution in [3.05, 3.63) is 155 Å². The van der Waals surface area contributed by atoms with Gasteiger partial charge in [-0.25, -0.2) is 9.98 Å². The maximum Gasteiger partial charge on any atom is 0.159 e. The van der Waals surface area contributed by atoms with Crippen molar-refractivity contribution in [3.8, 4) is 11.1 Å². The zero-order chi connectivity index (χ0) is 28.0. The van der Waals surface area contributed by atoms with Crippen LogP contribution in [0.1, 0.15) is 22.9 Å². The van der Waals surface area contributed by atoms with Gasteiger partial charge >= 0.3 is 0 Å². The summed E-state index contributed by atoms with van der Waals surface area (Å²) in [6, 6.07) is 45.5. The zero-order valence-corrected chi connectivity index (χ0v) is 23.2. The van der Waals surface area contributed by atoms with Crippen molar-refractivity contribution >= 4 is 56.0 Å². The molecule has 200 valence electrons. The molecule has 1 atom stereocenters. The fourth-order valence-electron chi connectivity index (χ4n) is 5.70. The number of amidine groups is 2.